The first-order valence-corrected chi connectivity index (χ1v) is 9.64. The van der Waals surface area contributed by atoms with Crippen LogP contribution in [0, 0.1) is 11.3 Å². The van der Waals surface area contributed by atoms with Crippen LogP contribution in [0.2, 0.25) is 0 Å². The quantitative estimate of drug-likeness (QED) is 0.387. The molecule has 0 unspecified atom stereocenters. The van der Waals surface area contributed by atoms with Gasteiger partial charge < -0.3 is 19.9 Å². The molecule has 6 heteroatoms. The van der Waals surface area contributed by atoms with Crippen LogP contribution in [0.5, 0.6) is 17.2 Å². The van der Waals surface area contributed by atoms with Crippen molar-refractivity contribution in [3.05, 3.63) is 71.3 Å². The Morgan fingerprint density at radius 3 is 2.43 bits per heavy atom. The van der Waals surface area contributed by atoms with Crippen LogP contribution in [-0.4, -0.2) is 31.8 Å². The van der Waals surface area contributed by atoms with Gasteiger partial charge in [-0.3, -0.25) is 4.79 Å². The Morgan fingerprint density at radius 1 is 1.13 bits per heavy atom. The van der Waals surface area contributed by atoms with E-state index in [4.69, 9.17) is 9.47 Å². The highest BCUT2D eigenvalue weighted by Gasteiger charge is 2.07. The largest absolute Gasteiger partial charge is 0.504 e. The summed E-state index contributed by atoms with van der Waals surface area (Å²) in [6, 6.07) is 14.4. The minimum absolute atomic E-state index is 0.0109. The van der Waals surface area contributed by atoms with Gasteiger partial charge in [0, 0.05) is 6.54 Å². The first-order valence-electron chi connectivity index (χ1n) is 9.64. The number of ether oxygens (including phenoxy) is 2. The van der Waals surface area contributed by atoms with Crippen LogP contribution in [0.3, 0.4) is 0 Å². The number of hydrogen-bond donors (Lipinski definition) is 2. The lowest BCUT2D eigenvalue weighted by Crippen LogP contribution is -2.26. The Hall–Kier alpha value is -3.72. The smallest absolute Gasteiger partial charge is 0.261 e. The summed E-state index contributed by atoms with van der Waals surface area (Å²) in [4.78, 5) is 12.1. The Kier molecular flexibility index (Phi) is 10.9. The topological polar surface area (TPSA) is 91.6 Å². The summed E-state index contributed by atoms with van der Waals surface area (Å²) in [7, 11) is 3.07. The molecule has 0 spiro atoms. The van der Waals surface area contributed by atoms with Gasteiger partial charge in [0.15, 0.2) is 11.5 Å². The minimum Gasteiger partial charge on any atom is -0.504 e. The number of phenolic OH excluding ortho intramolecular Hbond substituents is 1. The maximum absolute atomic E-state index is 12.1. The Labute approximate surface area is 178 Å². The van der Waals surface area contributed by atoms with Crippen LogP contribution in [0.1, 0.15) is 25.0 Å². The maximum Gasteiger partial charge on any atom is 0.261 e. The van der Waals surface area contributed by atoms with Crippen molar-refractivity contribution in [2.24, 2.45) is 0 Å². The molecule has 0 radical (unpaired) electrons. The van der Waals surface area contributed by atoms with E-state index in [1.54, 1.807) is 31.4 Å². The van der Waals surface area contributed by atoms with Crippen molar-refractivity contribution in [2.75, 3.05) is 20.8 Å². The molecular weight excluding hydrogens is 380 g/mol. The third-order valence-corrected chi connectivity index (χ3v) is 3.98. The Morgan fingerprint density at radius 2 is 1.83 bits per heavy atom. The SMILES string of the molecule is CC.COc1ccc(CCNC(=O)/C(C#N)=C/C=C/c2ccc(O)c(OC)c2)cc1. The minimum atomic E-state index is -0.427. The second-order valence-electron chi connectivity index (χ2n) is 5.84. The molecule has 30 heavy (non-hydrogen) atoms. The van der Waals surface area contributed by atoms with Crippen LogP contribution in [0.25, 0.3) is 6.08 Å². The maximum atomic E-state index is 12.1. The van der Waals surface area contributed by atoms with Crippen molar-refractivity contribution < 1.29 is 19.4 Å². The van der Waals surface area contributed by atoms with Gasteiger partial charge in [0.1, 0.15) is 17.4 Å². The van der Waals surface area contributed by atoms with Gasteiger partial charge in [0.05, 0.1) is 14.2 Å². The molecule has 2 aromatic carbocycles. The van der Waals surface area contributed by atoms with E-state index in [1.807, 2.05) is 44.2 Å². The van der Waals surface area contributed by atoms with Gasteiger partial charge in [-0.1, -0.05) is 44.2 Å². The van der Waals surface area contributed by atoms with Crippen LogP contribution in [0.4, 0.5) is 0 Å². The third kappa shape index (κ3) is 7.72. The molecule has 0 aliphatic heterocycles. The summed E-state index contributed by atoms with van der Waals surface area (Å²) in [6.07, 6.45) is 5.41. The average Bonchev–Trinajstić information content (AvgIpc) is 2.79. The number of carbonyl (C=O) groups excluding carboxylic acids is 1. The number of phenols is 1. The number of nitriles is 1. The molecule has 2 aromatic rings. The van der Waals surface area contributed by atoms with E-state index in [2.05, 4.69) is 5.32 Å². The summed E-state index contributed by atoms with van der Waals surface area (Å²) >= 11 is 0. The molecule has 2 rings (SSSR count). The summed E-state index contributed by atoms with van der Waals surface area (Å²) in [5.41, 5.74) is 1.84. The zero-order valence-corrected chi connectivity index (χ0v) is 17.8. The molecule has 0 aliphatic rings. The second kappa shape index (κ2) is 13.5. The molecule has 0 atom stereocenters. The normalized spacial score (nSPS) is 10.6. The highest BCUT2D eigenvalue weighted by atomic mass is 16.5. The number of nitrogens with zero attached hydrogens (tertiary/aromatic N) is 1. The molecule has 2 N–H and O–H groups in total. The summed E-state index contributed by atoms with van der Waals surface area (Å²) < 4.78 is 10.2. The molecule has 0 aromatic heterocycles. The summed E-state index contributed by atoms with van der Waals surface area (Å²) in [5.74, 6) is 0.747. The lowest BCUT2D eigenvalue weighted by Gasteiger charge is -2.05. The van der Waals surface area contributed by atoms with Crippen molar-refractivity contribution in [3.63, 3.8) is 0 Å². The first-order chi connectivity index (χ1) is 14.6. The monoisotopic (exact) mass is 408 g/mol. The highest BCUT2D eigenvalue weighted by molar-refractivity contribution is 5.97. The van der Waals surface area contributed by atoms with E-state index >= 15 is 0 Å². The van der Waals surface area contributed by atoms with E-state index in [0.29, 0.717) is 18.7 Å². The lowest BCUT2D eigenvalue weighted by atomic mass is 10.1. The van der Waals surface area contributed by atoms with Crippen LogP contribution >= 0.6 is 0 Å². The molecule has 6 nitrogen and oxygen atoms in total. The highest BCUT2D eigenvalue weighted by Crippen LogP contribution is 2.26. The first kappa shape index (κ1) is 24.3. The molecule has 1 amide bonds. The number of rotatable bonds is 8. The molecule has 0 saturated carbocycles. The van der Waals surface area contributed by atoms with Gasteiger partial charge in [-0.05, 0) is 47.9 Å². The van der Waals surface area contributed by atoms with Crippen LogP contribution < -0.4 is 14.8 Å². The van der Waals surface area contributed by atoms with Gasteiger partial charge in [-0.15, -0.1) is 0 Å². The number of carbonyl (C=O) groups is 1. The lowest BCUT2D eigenvalue weighted by molar-refractivity contribution is -0.117. The predicted molar refractivity (Wildman–Crippen MR) is 118 cm³/mol. The van der Waals surface area contributed by atoms with Crippen molar-refractivity contribution in [2.45, 2.75) is 20.3 Å². The van der Waals surface area contributed by atoms with E-state index in [9.17, 15) is 15.2 Å². The number of nitrogens with one attached hydrogen (secondary N) is 1. The predicted octanol–water partition coefficient (Wildman–Crippen LogP) is 4.26. The fourth-order valence-electron chi connectivity index (χ4n) is 2.42. The molecule has 0 aliphatic carbocycles. The molecule has 0 saturated heterocycles. The van der Waals surface area contributed by atoms with Crippen molar-refractivity contribution >= 4 is 12.0 Å². The third-order valence-electron chi connectivity index (χ3n) is 3.98. The number of methoxy groups -OCH3 is 2. The Balaban J connectivity index is 0.00000218. The molecule has 158 valence electrons. The van der Waals surface area contributed by atoms with Gasteiger partial charge >= 0.3 is 0 Å². The van der Waals surface area contributed by atoms with Gasteiger partial charge in [0.25, 0.3) is 5.91 Å². The number of aromatic hydroxyl groups is 1. The van der Waals surface area contributed by atoms with Crippen molar-refractivity contribution in [1.29, 1.82) is 5.26 Å². The van der Waals surface area contributed by atoms with Crippen molar-refractivity contribution in [3.8, 4) is 23.3 Å². The van der Waals surface area contributed by atoms with Crippen LogP contribution in [0.15, 0.2) is 60.2 Å². The number of allylic oxidation sites excluding steroid dienone is 2. The Bertz CT molecular complexity index is 910. The molecule has 0 fully saturated rings. The van der Waals surface area contributed by atoms with E-state index in [0.717, 1.165) is 16.9 Å². The standard InChI is InChI=1S/C22H22N2O4.C2H6/c1-27-19-9-6-16(7-10-19)12-13-24-22(26)18(15-23)5-3-4-17-8-11-20(25)21(14-17)28-2;1-2/h3-11,14,25H,12-13H2,1-2H3,(H,24,26);1-2H3/b4-3+,18-5+;. The fourth-order valence-corrected chi connectivity index (χ4v) is 2.42. The second-order valence-corrected chi connectivity index (χ2v) is 5.84. The van der Waals surface area contributed by atoms with Crippen LogP contribution in [-0.2, 0) is 11.2 Å². The zero-order chi connectivity index (χ0) is 22.4. The number of hydrogen-bond acceptors (Lipinski definition) is 5. The van der Waals surface area contributed by atoms with Gasteiger partial charge in [0.2, 0.25) is 0 Å². The fraction of sp³-hybridized carbons (Fsp3) is 0.250. The number of amides is 1. The van der Waals surface area contributed by atoms with Crippen molar-refractivity contribution in [1.82, 2.24) is 5.32 Å². The number of benzene rings is 2. The van der Waals surface area contributed by atoms with Gasteiger partial charge in [-0.25, -0.2) is 0 Å². The average molecular weight is 408 g/mol. The van der Waals surface area contributed by atoms with Gasteiger partial charge in [-0.2, -0.15) is 5.26 Å². The van der Waals surface area contributed by atoms with E-state index in [-0.39, 0.29) is 11.3 Å². The molecule has 0 bridgehead atoms. The molecule has 0 heterocycles. The molecular formula is C24H28N2O4. The zero-order valence-electron chi connectivity index (χ0n) is 17.8. The van der Waals surface area contributed by atoms with E-state index < -0.39 is 5.91 Å². The summed E-state index contributed by atoms with van der Waals surface area (Å²) in [6.45, 7) is 4.42. The van der Waals surface area contributed by atoms with E-state index in [1.165, 1.54) is 19.3 Å². The summed E-state index contributed by atoms with van der Waals surface area (Å²) in [5, 5.41) is 21.5.